The number of nitrogens with one attached hydrogen (secondary N) is 1. The summed E-state index contributed by atoms with van der Waals surface area (Å²) < 4.78 is 6.13. The minimum absolute atomic E-state index is 0.553. The monoisotopic (exact) mass is 379 g/mol. The van der Waals surface area contributed by atoms with Crippen LogP contribution in [0.3, 0.4) is 0 Å². The van der Waals surface area contributed by atoms with Crippen LogP contribution in [0.25, 0.3) is 5.57 Å². The van der Waals surface area contributed by atoms with E-state index in [0.29, 0.717) is 12.5 Å². The van der Waals surface area contributed by atoms with Gasteiger partial charge in [-0.3, -0.25) is 9.98 Å². The number of nitrogens with zero attached hydrogens (tertiary/aromatic N) is 3. The SMILES string of the molecule is CNc1ccc(C)c(N=CC(=CN)c2cnccc2OCC2CCN(C)C2)c1. The minimum atomic E-state index is 0.553. The summed E-state index contributed by atoms with van der Waals surface area (Å²) in [5.41, 5.74) is 10.5. The molecule has 0 amide bonds. The molecule has 2 heterocycles. The second-order valence-corrected chi connectivity index (χ2v) is 7.23. The largest absolute Gasteiger partial charge is 0.492 e. The van der Waals surface area contributed by atoms with Gasteiger partial charge in [0.1, 0.15) is 5.75 Å². The van der Waals surface area contributed by atoms with Gasteiger partial charge < -0.3 is 20.7 Å². The standard InChI is InChI=1S/C22H29N5O/c1-16-4-5-19(24-2)10-21(16)26-12-18(11-23)20-13-25-8-6-22(20)28-15-17-7-9-27(3)14-17/h4-6,8,10-13,17,24H,7,9,14-15,23H2,1-3H3. The molecule has 28 heavy (non-hydrogen) atoms. The summed E-state index contributed by atoms with van der Waals surface area (Å²) in [5.74, 6) is 1.34. The van der Waals surface area contributed by atoms with E-state index in [1.807, 2.05) is 38.2 Å². The van der Waals surface area contributed by atoms with Crippen molar-refractivity contribution in [2.24, 2.45) is 16.6 Å². The molecule has 3 rings (SSSR count). The van der Waals surface area contributed by atoms with E-state index in [1.165, 1.54) is 6.42 Å². The summed E-state index contributed by atoms with van der Waals surface area (Å²) in [5, 5.41) is 3.14. The fourth-order valence-electron chi connectivity index (χ4n) is 3.34. The lowest BCUT2D eigenvalue weighted by Gasteiger charge is -2.15. The van der Waals surface area contributed by atoms with Gasteiger partial charge in [0, 0.05) is 61.1 Å². The Balaban J connectivity index is 1.77. The number of ether oxygens (including phenoxy) is 1. The maximum Gasteiger partial charge on any atom is 0.130 e. The smallest absolute Gasteiger partial charge is 0.130 e. The van der Waals surface area contributed by atoms with Crippen molar-refractivity contribution in [1.82, 2.24) is 9.88 Å². The summed E-state index contributed by atoms with van der Waals surface area (Å²) in [6.07, 6.45) is 8.01. The summed E-state index contributed by atoms with van der Waals surface area (Å²) in [7, 11) is 4.04. The Morgan fingerprint density at radius 3 is 3.00 bits per heavy atom. The van der Waals surface area contributed by atoms with E-state index in [4.69, 9.17) is 10.5 Å². The van der Waals surface area contributed by atoms with E-state index in [9.17, 15) is 0 Å². The quantitative estimate of drug-likeness (QED) is 0.721. The number of pyridine rings is 1. The van der Waals surface area contributed by atoms with Crippen molar-refractivity contribution < 1.29 is 4.74 Å². The normalized spacial score (nSPS) is 18.0. The highest BCUT2D eigenvalue weighted by atomic mass is 16.5. The predicted molar refractivity (Wildman–Crippen MR) is 116 cm³/mol. The van der Waals surface area contributed by atoms with E-state index in [1.54, 1.807) is 24.8 Å². The van der Waals surface area contributed by atoms with Gasteiger partial charge in [-0.05, 0) is 50.7 Å². The average Bonchev–Trinajstić information content (AvgIpc) is 3.14. The minimum Gasteiger partial charge on any atom is -0.492 e. The van der Waals surface area contributed by atoms with Gasteiger partial charge in [-0.15, -0.1) is 0 Å². The molecule has 0 saturated carbocycles. The van der Waals surface area contributed by atoms with Crippen LogP contribution < -0.4 is 15.8 Å². The molecule has 1 atom stereocenters. The summed E-state index contributed by atoms with van der Waals surface area (Å²) in [4.78, 5) is 11.2. The fraction of sp³-hybridized carbons (Fsp3) is 0.364. The topological polar surface area (TPSA) is 75.8 Å². The third-order valence-corrected chi connectivity index (χ3v) is 5.08. The fourth-order valence-corrected chi connectivity index (χ4v) is 3.34. The number of aromatic nitrogens is 1. The van der Waals surface area contributed by atoms with Gasteiger partial charge in [0.25, 0.3) is 0 Å². The van der Waals surface area contributed by atoms with Crippen molar-refractivity contribution in [2.75, 3.05) is 39.1 Å². The highest BCUT2D eigenvalue weighted by Crippen LogP contribution is 2.27. The first-order valence-corrected chi connectivity index (χ1v) is 9.60. The van der Waals surface area contributed by atoms with Crippen molar-refractivity contribution in [3.63, 3.8) is 0 Å². The number of rotatable bonds is 7. The molecule has 1 unspecified atom stereocenters. The molecule has 0 bridgehead atoms. The number of hydrogen-bond donors (Lipinski definition) is 2. The van der Waals surface area contributed by atoms with E-state index in [-0.39, 0.29) is 0 Å². The second-order valence-electron chi connectivity index (χ2n) is 7.23. The van der Waals surface area contributed by atoms with Gasteiger partial charge >= 0.3 is 0 Å². The Bertz CT molecular complexity index is 862. The Hall–Kier alpha value is -2.86. The molecule has 6 heteroatoms. The molecule has 1 aliphatic rings. The Labute approximate surface area is 167 Å². The number of benzene rings is 1. The highest BCUT2D eigenvalue weighted by Gasteiger charge is 2.20. The molecule has 1 saturated heterocycles. The van der Waals surface area contributed by atoms with Gasteiger partial charge in [0.2, 0.25) is 0 Å². The molecule has 1 aromatic carbocycles. The molecule has 0 aliphatic carbocycles. The molecule has 1 aliphatic heterocycles. The molecule has 1 aromatic heterocycles. The zero-order chi connectivity index (χ0) is 19.9. The van der Waals surface area contributed by atoms with E-state index in [0.717, 1.165) is 46.9 Å². The number of likely N-dealkylation sites (tertiary alicyclic amines) is 1. The van der Waals surface area contributed by atoms with Gasteiger partial charge in [-0.25, -0.2) is 0 Å². The van der Waals surface area contributed by atoms with Crippen molar-refractivity contribution in [2.45, 2.75) is 13.3 Å². The molecule has 6 nitrogen and oxygen atoms in total. The number of nitrogens with two attached hydrogens (primary N) is 1. The van der Waals surface area contributed by atoms with Crippen LogP contribution in [0.5, 0.6) is 5.75 Å². The molecule has 148 valence electrons. The highest BCUT2D eigenvalue weighted by molar-refractivity contribution is 6.11. The molecule has 0 spiro atoms. The lowest BCUT2D eigenvalue weighted by Crippen LogP contribution is -2.18. The maximum atomic E-state index is 6.13. The first-order chi connectivity index (χ1) is 13.6. The van der Waals surface area contributed by atoms with Crippen molar-refractivity contribution in [3.05, 3.63) is 54.0 Å². The van der Waals surface area contributed by atoms with Crippen molar-refractivity contribution in [3.8, 4) is 5.75 Å². The maximum absolute atomic E-state index is 6.13. The van der Waals surface area contributed by atoms with Crippen LogP contribution in [0, 0.1) is 12.8 Å². The van der Waals surface area contributed by atoms with Crippen LogP contribution >= 0.6 is 0 Å². The van der Waals surface area contributed by atoms with Gasteiger partial charge in [0.05, 0.1) is 12.3 Å². The first kappa shape index (κ1) is 19.9. The van der Waals surface area contributed by atoms with Crippen molar-refractivity contribution in [1.29, 1.82) is 0 Å². The molecular formula is C22H29N5O. The Morgan fingerprint density at radius 2 is 2.29 bits per heavy atom. The van der Waals surface area contributed by atoms with Crippen LogP contribution in [0.1, 0.15) is 17.5 Å². The van der Waals surface area contributed by atoms with E-state index in [2.05, 4.69) is 27.2 Å². The van der Waals surface area contributed by atoms with Gasteiger partial charge in [-0.1, -0.05) is 6.07 Å². The number of aryl methyl sites for hydroxylation is 1. The third-order valence-electron chi connectivity index (χ3n) is 5.08. The number of allylic oxidation sites excluding steroid dienone is 1. The molecule has 0 radical (unpaired) electrons. The van der Waals surface area contributed by atoms with Crippen LogP contribution in [0.2, 0.25) is 0 Å². The lowest BCUT2D eigenvalue weighted by atomic mass is 10.1. The Kier molecular flexibility index (Phi) is 6.66. The second kappa shape index (κ2) is 9.37. The van der Waals surface area contributed by atoms with Gasteiger partial charge in [0.15, 0.2) is 0 Å². The average molecular weight is 380 g/mol. The van der Waals surface area contributed by atoms with Gasteiger partial charge in [-0.2, -0.15) is 0 Å². The van der Waals surface area contributed by atoms with Crippen LogP contribution in [-0.2, 0) is 0 Å². The third kappa shape index (κ3) is 4.89. The summed E-state index contributed by atoms with van der Waals surface area (Å²) in [6.45, 7) is 4.93. The van der Waals surface area contributed by atoms with Crippen LogP contribution in [0.4, 0.5) is 11.4 Å². The number of anilines is 1. The predicted octanol–water partition coefficient (Wildman–Crippen LogP) is 3.46. The van der Waals surface area contributed by atoms with Crippen LogP contribution in [0.15, 0.2) is 47.9 Å². The molecule has 3 N–H and O–H groups in total. The van der Waals surface area contributed by atoms with Crippen molar-refractivity contribution >= 4 is 23.2 Å². The number of hydrogen-bond acceptors (Lipinski definition) is 6. The lowest BCUT2D eigenvalue weighted by molar-refractivity contribution is 0.248. The molecule has 2 aromatic rings. The summed E-state index contributed by atoms with van der Waals surface area (Å²) >= 11 is 0. The van der Waals surface area contributed by atoms with E-state index >= 15 is 0 Å². The zero-order valence-corrected chi connectivity index (χ0v) is 16.9. The molecule has 1 fully saturated rings. The van der Waals surface area contributed by atoms with Crippen LogP contribution in [-0.4, -0.2) is 49.9 Å². The first-order valence-electron chi connectivity index (χ1n) is 9.60. The Morgan fingerprint density at radius 1 is 1.43 bits per heavy atom. The zero-order valence-electron chi connectivity index (χ0n) is 16.9. The molecular weight excluding hydrogens is 350 g/mol. The van der Waals surface area contributed by atoms with E-state index < -0.39 is 0 Å². The number of aliphatic imine (C=N–C) groups is 1. The summed E-state index contributed by atoms with van der Waals surface area (Å²) in [6, 6.07) is 7.97.